The number of carbonyl (C=O) groups excluding carboxylic acids is 3. The molecule has 1 saturated carbocycles. The van der Waals surface area contributed by atoms with Gasteiger partial charge in [0.15, 0.2) is 0 Å². The molecule has 1 spiro atoms. The highest BCUT2D eigenvalue weighted by Gasteiger charge is 2.51. The topological polar surface area (TPSA) is 81.8 Å². The van der Waals surface area contributed by atoms with Gasteiger partial charge in [0.1, 0.15) is 5.54 Å². The Kier molecular flexibility index (Phi) is 6.21. The molecule has 0 atom stereocenters. The number of hydrogen-bond acceptors (Lipinski definition) is 4. The van der Waals surface area contributed by atoms with Crippen LogP contribution in [0.3, 0.4) is 0 Å². The van der Waals surface area contributed by atoms with E-state index in [1.807, 2.05) is 24.3 Å². The molecule has 3 rings (SSSR count). The van der Waals surface area contributed by atoms with Gasteiger partial charge in [-0.15, -0.1) is 0 Å². The molecule has 1 heterocycles. The first-order valence-corrected chi connectivity index (χ1v) is 10.3. The minimum Gasteiger partial charge on any atom is -0.372 e. The van der Waals surface area contributed by atoms with Crippen molar-refractivity contribution >= 4 is 29.2 Å². The van der Waals surface area contributed by atoms with E-state index in [1.165, 1.54) is 4.90 Å². The summed E-state index contributed by atoms with van der Waals surface area (Å²) < 4.78 is 0. The number of anilines is 2. The molecule has 28 heavy (non-hydrogen) atoms. The highest BCUT2D eigenvalue weighted by Crippen LogP contribution is 2.35. The molecule has 0 bridgehead atoms. The summed E-state index contributed by atoms with van der Waals surface area (Å²) in [4.78, 5) is 40.4. The van der Waals surface area contributed by atoms with E-state index in [1.54, 1.807) is 0 Å². The van der Waals surface area contributed by atoms with Crippen LogP contribution < -0.4 is 15.5 Å². The lowest BCUT2D eigenvalue weighted by Gasteiger charge is -2.21. The van der Waals surface area contributed by atoms with Crippen molar-refractivity contribution in [2.45, 2.75) is 57.9 Å². The van der Waals surface area contributed by atoms with Crippen molar-refractivity contribution in [1.29, 1.82) is 0 Å². The highest BCUT2D eigenvalue weighted by atomic mass is 16.2. The quantitative estimate of drug-likeness (QED) is 0.673. The molecule has 1 saturated heterocycles. The molecule has 2 N–H and O–H groups in total. The Hall–Kier alpha value is -2.57. The van der Waals surface area contributed by atoms with E-state index >= 15 is 0 Å². The number of imide groups is 1. The maximum absolute atomic E-state index is 12.6. The average molecular weight is 386 g/mol. The minimum atomic E-state index is -0.675. The van der Waals surface area contributed by atoms with E-state index in [2.05, 4.69) is 29.4 Å². The van der Waals surface area contributed by atoms with E-state index in [-0.39, 0.29) is 30.8 Å². The predicted octanol–water partition coefficient (Wildman–Crippen LogP) is 3.12. The van der Waals surface area contributed by atoms with Crippen molar-refractivity contribution in [3.05, 3.63) is 24.3 Å². The summed E-state index contributed by atoms with van der Waals surface area (Å²) in [6.07, 6.45) is 4.10. The zero-order chi connectivity index (χ0) is 20.1. The zero-order valence-electron chi connectivity index (χ0n) is 16.8. The molecule has 152 valence electrons. The Morgan fingerprint density at radius 2 is 1.79 bits per heavy atom. The summed E-state index contributed by atoms with van der Waals surface area (Å²) in [6, 6.07) is 7.47. The van der Waals surface area contributed by atoms with Crippen LogP contribution in [0, 0.1) is 0 Å². The monoisotopic (exact) mass is 386 g/mol. The molecule has 0 unspecified atom stereocenters. The van der Waals surface area contributed by atoms with Crippen LogP contribution in [0.1, 0.15) is 52.4 Å². The summed E-state index contributed by atoms with van der Waals surface area (Å²) in [6.45, 7) is 6.37. The van der Waals surface area contributed by atoms with Crippen molar-refractivity contribution in [3.63, 3.8) is 0 Å². The smallest absolute Gasteiger partial charge is 0.325 e. The van der Waals surface area contributed by atoms with Gasteiger partial charge in [0.25, 0.3) is 5.91 Å². The fourth-order valence-corrected chi connectivity index (χ4v) is 4.16. The van der Waals surface area contributed by atoms with Gasteiger partial charge in [0, 0.05) is 37.4 Å². The third-order valence-electron chi connectivity index (χ3n) is 5.77. The van der Waals surface area contributed by atoms with E-state index in [9.17, 15) is 14.4 Å². The van der Waals surface area contributed by atoms with Crippen LogP contribution in [0.5, 0.6) is 0 Å². The fraction of sp³-hybridized carbons (Fsp3) is 0.571. The second kappa shape index (κ2) is 8.63. The van der Waals surface area contributed by atoms with Gasteiger partial charge in [-0.2, -0.15) is 0 Å². The number of urea groups is 1. The minimum absolute atomic E-state index is 0.113. The van der Waals surface area contributed by atoms with Gasteiger partial charge < -0.3 is 15.5 Å². The van der Waals surface area contributed by atoms with Crippen molar-refractivity contribution < 1.29 is 14.4 Å². The average Bonchev–Trinajstić information content (AvgIpc) is 3.24. The normalized spacial score (nSPS) is 17.9. The number of benzene rings is 1. The van der Waals surface area contributed by atoms with Crippen LogP contribution >= 0.6 is 0 Å². The van der Waals surface area contributed by atoms with Crippen LogP contribution in [0.15, 0.2) is 24.3 Å². The SMILES string of the molecule is CCN(CC)c1ccc(NC(=O)CCCN2C(=O)NC3(CCCC3)C2=O)cc1. The number of amides is 4. The van der Waals surface area contributed by atoms with Gasteiger partial charge in [0.05, 0.1) is 0 Å². The van der Waals surface area contributed by atoms with Crippen LogP contribution in [-0.2, 0) is 9.59 Å². The molecule has 7 nitrogen and oxygen atoms in total. The lowest BCUT2D eigenvalue weighted by atomic mass is 9.98. The van der Waals surface area contributed by atoms with E-state index in [0.29, 0.717) is 6.42 Å². The van der Waals surface area contributed by atoms with Crippen LogP contribution in [0.25, 0.3) is 0 Å². The molecule has 1 aromatic rings. The third kappa shape index (κ3) is 4.13. The molecular formula is C21H30N4O3. The molecule has 7 heteroatoms. The van der Waals surface area contributed by atoms with Crippen LogP contribution in [0.2, 0.25) is 0 Å². The Bertz CT molecular complexity index is 722. The largest absolute Gasteiger partial charge is 0.372 e. The van der Waals surface area contributed by atoms with Gasteiger partial charge in [-0.1, -0.05) is 12.8 Å². The first-order valence-electron chi connectivity index (χ1n) is 10.3. The molecular weight excluding hydrogens is 356 g/mol. The summed E-state index contributed by atoms with van der Waals surface area (Å²) >= 11 is 0. The van der Waals surface area contributed by atoms with Gasteiger partial charge >= 0.3 is 6.03 Å². The standard InChI is InChI=1S/C21H30N4O3/c1-3-24(4-2)17-11-9-16(10-12-17)22-18(26)8-7-15-25-19(27)21(23-20(25)28)13-5-6-14-21/h9-12H,3-8,13-15H2,1-2H3,(H,22,26)(H,23,28). The fourth-order valence-electron chi connectivity index (χ4n) is 4.16. The lowest BCUT2D eigenvalue weighted by molar-refractivity contribution is -0.131. The summed E-state index contributed by atoms with van der Waals surface area (Å²) in [5.74, 6) is -0.236. The molecule has 0 radical (unpaired) electrons. The van der Waals surface area contributed by atoms with Crippen molar-refractivity contribution in [2.75, 3.05) is 29.9 Å². The summed E-state index contributed by atoms with van der Waals surface area (Å²) in [5, 5.41) is 5.74. The molecule has 4 amide bonds. The first-order chi connectivity index (χ1) is 13.5. The van der Waals surface area contributed by atoms with E-state index < -0.39 is 5.54 Å². The third-order valence-corrected chi connectivity index (χ3v) is 5.77. The zero-order valence-corrected chi connectivity index (χ0v) is 16.8. The molecule has 0 aromatic heterocycles. The summed E-state index contributed by atoms with van der Waals surface area (Å²) in [5.41, 5.74) is 1.20. The second-order valence-electron chi connectivity index (χ2n) is 7.55. The molecule has 2 aliphatic rings. The second-order valence-corrected chi connectivity index (χ2v) is 7.55. The Balaban J connectivity index is 1.46. The summed E-state index contributed by atoms with van der Waals surface area (Å²) in [7, 11) is 0. The van der Waals surface area contributed by atoms with E-state index in [0.717, 1.165) is 50.1 Å². The van der Waals surface area contributed by atoms with Gasteiger partial charge in [-0.25, -0.2) is 4.79 Å². The maximum Gasteiger partial charge on any atom is 0.325 e. The lowest BCUT2D eigenvalue weighted by Crippen LogP contribution is -2.44. The van der Waals surface area contributed by atoms with Gasteiger partial charge in [0.2, 0.25) is 5.91 Å². The molecule has 1 aromatic carbocycles. The molecule has 1 aliphatic carbocycles. The van der Waals surface area contributed by atoms with Crippen molar-refractivity contribution in [3.8, 4) is 0 Å². The van der Waals surface area contributed by atoms with Gasteiger partial charge in [-0.3, -0.25) is 14.5 Å². The number of rotatable bonds is 8. The number of hydrogen-bond donors (Lipinski definition) is 2. The van der Waals surface area contributed by atoms with Crippen molar-refractivity contribution in [1.82, 2.24) is 10.2 Å². The predicted molar refractivity (Wildman–Crippen MR) is 109 cm³/mol. The number of carbonyl (C=O) groups is 3. The van der Waals surface area contributed by atoms with Crippen LogP contribution in [0.4, 0.5) is 16.2 Å². The highest BCUT2D eigenvalue weighted by molar-refractivity contribution is 6.07. The molecule has 1 aliphatic heterocycles. The van der Waals surface area contributed by atoms with Gasteiger partial charge in [-0.05, 0) is 57.4 Å². The Labute approximate surface area is 166 Å². The van der Waals surface area contributed by atoms with Crippen molar-refractivity contribution in [2.24, 2.45) is 0 Å². The Morgan fingerprint density at radius 3 is 2.39 bits per heavy atom. The number of nitrogens with one attached hydrogen (secondary N) is 2. The first kappa shape index (κ1) is 20.2. The number of nitrogens with zero attached hydrogens (tertiary/aromatic N) is 2. The Morgan fingerprint density at radius 1 is 1.14 bits per heavy atom. The molecule has 2 fully saturated rings. The van der Waals surface area contributed by atoms with Crippen LogP contribution in [-0.4, -0.2) is 47.9 Å². The van der Waals surface area contributed by atoms with E-state index in [4.69, 9.17) is 0 Å². The maximum atomic E-state index is 12.6.